The number of thiazole rings is 1. The molecule has 0 aliphatic carbocycles. The average molecular weight is 425 g/mol. The van der Waals surface area contributed by atoms with E-state index in [9.17, 15) is 4.79 Å². The fraction of sp³-hybridized carbons (Fsp3) is 0.263. The molecule has 3 heterocycles. The number of hydrogen-bond acceptors (Lipinski definition) is 4. The number of carbonyl (C=O) groups is 1. The maximum absolute atomic E-state index is 12.7. The Balaban J connectivity index is 0.00000131. The van der Waals surface area contributed by atoms with Crippen LogP contribution in [0.1, 0.15) is 38.4 Å². The lowest BCUT2D eigenvalue weighted by Gasteiger charge is -2.08. The van der Waals surface area contributed by atoms with E-state index < -0.39 is 0 Å². The van der Waals surface area contributed by atoms with Crippen molar-refractivity contribution in [2.75, 3.05) is 0 Å². The van der Waals surface area contributed by atoms with Crippen LogP contribution < -0.4 is 10.6 Å². The lowest BCUT2D eigenvalue weighted by Crippen LogP contribution is -2.23. The van der Waals surface area contributed by atoms with Gasteiger partial charge in [-0.05, 0) is 36.6 Å². The maximum Gasteiger partial charge on any atom is 0.253 e. The number of aryl methyl sites for hydroxylation is 1. The third-order valence-corrected chi connectivity index (χ3v) is 5.40. The fourth-order valence-corrected chi connectivity index (χ4v) is 4.10. The van der Waals surface area contributed by atoms with Crippen molar-refractivity contribution in [2.24, 2.45) is 0 Å². The normalized spacial score (nSPS) is 12.1. The smallest absolute Gasteiger partial charge is 0.253 e. The quantitative estimate of drug-likeness (QED) is 0.666. The number of amides is 1. The topological polar surface area (TPSA) is 59.0 Å². The highest BCUT2D eigenvalue weighted by atomic mass is 35.5. The molecule has 1 aliphatic rings. The van der Waals surface area contributed by atoms with Crippen LogP contribution in [-0.2, 0) is 19.6 Å². The molecule has 0 spiro atoms. The first-order valence-corrected chi connectivity index (χ1v) is 9.20. The second kappa shape index (κ2) is 8.89. The summed E-state index contributed by atoms with van der Waals surface area (Å²) in [7, 11) is 0. The molecule has 2 aromatic heterocycles. The number of nitrogens with zero attached hydrogens (tertiary/aromatic N) is 2. The van der Waals surface area contributed by atoms with Crippen molar-refractivity contribution < 1.29 is 4.79 Å². The monoisotopic (exact) mass is 424 g/mol. The van der Waals surface area contributed by atoms with Crippen LogP contribution in [0.25, 0.3) is 5.13 Å². The Morgan fingerprint density at radius 2 is 2.00 bits per heavy atom. The Hall–Kier alpha value is -1.86. The minimum atomic E-state index is -0.0467. The summed E-state index contributed by atoms with van der Waals surface area (Å²) >= 11 is 1.57. The molecule has 5 nitrogen and oxygen atoms in total. The van der Waals surface area contributed by atoms with Gasteiger partial charge in [0.05, 0.1) is 5.56 Å². The predicted octanol–water partition coefficient (Wildman–Crippen LogP) is 3.93. The Morgan fingerprint density at radius 3 is 2.74 bits per heavy atom. The van der Waals surface area contributed by atoms with Crippen molar-refractivity contribution >= 4 is 42.1 Å². The van der Waals surface area contributed by atoms with E-state index >= 15 is 0 Å². The average Bonchev–Trinajstić information content (AvgIpc) is 3.32. The van der Waals surface area contributed by atoms with Gasteiger partial charge in [0.1, 0.15) is 0 Å². The van der Waals surface area contributed by atoms with E-state index in [1.54, 1.807) is 17.5 Å². The van der Waals surface area contributed by atoms with Gasteiger partial charge < -0.3 is 10.6 Å². The second-order valence-corrected chi connectivity index (χ2v) is 7.20. The number of fused-ring (bicyclic) bond motifs is 1. The van der Waals surface area contributed by atoms with Crippen molar-refractivity contribution in [3.63, 3.8) is 0 Å². The standard InChI is InChI=1S/C19H20N4OS.2ClH/c1-12-7-17(13(2)23(12)19-21-5-6-25-19)18(24)22-9-14-3-4-15-10-20-11-16(15)8-14;;/h3-8,20H,9-11H2,1-2H3,(H,22,24);2*1H. The molecule has 0 saturated heterocycles. The van der Waals surface area contributed by atoms with Gasteiger partial charge in [0.25, 0.3) is 5.91 Å². The Kier molecular flexibility index (Phi) is 7.06. The predicted molar refractivity (Wildman–Crippen MR) is 114 cm³/mol. The van der Waals surface area contributed by atoms with Crippen LogP contribution in [0, 0.1) is 13.8 Å². The summed E-state index contributed by atoms with van der Waals surface area (Å²) in [6.07, 6.45) is 1.78. The molecule has 0 atom stereocenters. The third kappa shape index (κ3) is 4.19. The van der Waals surface area contributed by atoms with Crippen molar-refractivity contribution in [3.05, 3.63) is 69.5 Å². The third-order valence-electron chi connectivity index (χ3n) is 4.64. The molecule has 1 aliphatic heterocycles. The molecule has 4 rings (SSSR count). The maximum atomic E-state index is 12.7. The van der Waals surface area contributed by atoms with Gasteiger partial charge in [-0.1, -0.05) is 18.2 Å². The molecule has 0 fully saturated rings. The van der Waals surface area contributed by atoms with Crippen molar-refractivity contribution in [1.82, 2.24) is 20.2 Å². The van der Waals surface area contributed by atoms with Crippen LogP contribution >= 0.6 is 36.2 Å². The number of hydrogen-bond donors (Lipinski definition) is 2. The Labute approximate surface area is 175 Å². The van der Waals surface area contributed by atoms with Gasteiger partial charge in [-0.2, -0.15) is 0 Å². The highest BCUT2D eigenvalue weighted by Crippen LogP contribution is 2.22. The summed E-state index contributed by atoms with van der Waals surface area (Å²) in [4.78, 5) is 17.0. The van der Waals surface area contributed by atoms with E-state index in [1.165, 1.54) is 11.1 Å². The number of nitrogens with one attached hydrogen (secondary N) is 2. The number of rotatable bonds is 4. The second-order valence-electron chi connectivity index (χ2n) is 6.32. The minimum absolute atomic E-state index is 0. The van der Waals surface area contributed by atoms with Gasteiger partial charge in [0.2, 0.25) is 0 Å². The van der Waals surface area contributed by atoms with E-state index in [0.717, 1.165) is 35.2 Å². The van der Waals surface area contributed by atoms with Gasteiger partial charge >= 0.3 is 0 Å². The number of aromatic nitrogens is 2. The number of carbonyl (C=O) groups excluding carboxylic acids is 1. The van der Waals surface area contributed by atoms with Crippen LogP contribution in [0.3, 0.4) is 0 Å². The van der Waals surface area contributed by atoms with E-state index in [-0.39, 0.29) is 30.7 Å². The molecule has 0 bridgehead atoms. The van der Waals surface area contributed by atoms with E-state index in [0.29, 0.717) is 12.1 Å². The van der Waals surface area contributed by atoms with Gasteiger partial charge in [-0.15, -0.1) is 36.2 Å². The molecule has 1 amide bonds. The van der Waals surface area contributed by atoms with Crippen LogP contribution in [-0.4, -0.2) is 15.5 Å². The van der Waals surface area contributed by atoms with Crippen molar-refractivity contribution in [1.29, 1.82) is 0 Å². The SMILES string of the molecule is Cc1cc(C(=O)NCc2ccc3c(c2)CNC3)c(C)n1-c1nccs1.Cl.Cl. The highest BCUT2D eigenvalue weighted by Gasteiger charge is 2.18. The van der Waals surface area contributed by atoms with Crippen molar-refractivity contribution in [3.8, 4) is 5.13 Å². The molecule has 144 valence electrons. The molecule has 0 saturated carbocycles. The Bertz CT molecular complexity index is 938. The molecule has 2 N–H and O–H groups in total. The highest BCUT2D eigenvalue weighted by molar-refractivity contribution is 7.12. The van der Waals surface area contributed by atoms with E-state index in [1.807, 2.05) is 29.9 Å². The molecule has 27 heavy (non-hydrogen) atoms. The lowest BCUT2D eigenvalue weighted by atomic mass is 10.1. The van der Waals surface area contributed by atoms with E-state index in [2.05, 4.69) is 33.8 Å². The summed E-state index contributed by atoms with van der Waals surface area (Å²) in [6, 6.07) is 8.34. The van der Waals surface area contributed by atoms with Crippen LogP contribution in [0.4, 0.5) is 0 Å². The summed E-state index contributed by atoms with van der Waals surface area (Å²) in [5.74, 6) is -0.0467. The zero-order valence-corrected chi connectivity index (χ0v) is 17.6. The molecule has 8 heteroatoms. The summed E-state index contributed by atoms with van der Waals surface area (Å²) in [5.41, 5.74) is 6.44. The van der Waals surface area contributed by atoms with Gasteiger partial charge in [-0.3, -0.25) is 9.36 Å². The zero-order valence-electron chi connectivity index (χ0n) is 15.1. The first-order valence-electron chi connectivity index (χ1n) is 8.32. The zero-order chi connectivity index (χ0) is 17.4. The molecule has 0 unspecified atom stereocenters. The first-order chi connectivity index (χ1) is 12.1. The lowest BCUT2D eigenvalue weighted by molar-refractivity contribution is 0.0950. The van der Waals surface area contributed by atoms with Gasteiger partial charge in [-0.25, -0.2) is 4.98 Å². The molecular weight excluding hydrogens is 403 g/mol. The largest absolute Gasteiger partial charge is 0.348 e. The van der Waals surface area contributed by atoms with Crippen LogP contribution in [0.5, 0.6) is 0 Å². The number of benzene rings is 1. The molecular formula is C19H22Cl2N4OS. The van der Waals surface area contributed by atoms with Gasteiger partial charge in [0, 0.05) is 42.6 Å². The molecule has 1 aromatic carbocycles. The Morgan fingerprint density at radius 1 is 1.22 bits per heavy atom. The fourth-order valence-electron chi connectivity index (χ4n) is 3.35. The van der Waals surface area contributed by atoms with Crippen LogP contribution in [0.2, 0.25) is 0 Å². The van der Waals surface area contributed by atoms with Gasteiger partial charge in [0.15, 0.2) is 5.13 Å². The first kappa shape index (κ1) is 21.4. The number of halogens is 2. The molecule has 0 radical (unpaired) electrons. The van der Waals surface area contributed by atoms with Crippen LogP contribution in [0.15, 0.2) is 35.8 Å². The molecule has 3 aromatic rings. The van der Waals surface area contributed by atoms with Crippen molar-refractivity contribution in [2.45, 2.75) is 33.5 Å². The van der Waals surface area contributed by atoms with E-state index in [4.69, 9.17) is 0 Å². The summed E-state index contributed by atoms with van der Waals surface area (Å²) in [5, 5.41) is 9.21. The minimum Gasteiger partial charge on any atom is -0.348 e. The summed E-state index contributed by atoms with van der Waals surface area (Å²) in [6.45, 7) is 6.34. The summed E-state index contributed by atoms with van der Waals surface area (Å²) < 4.78 is 2.03.